The molecule has 1 aliphatic heterocycles. The van der Waals surface area contributed by atoms with E-state index in [-0.39, 0.29) is 23.3 Å². The molecule has 0 aliphatic carbocycles. The number of hydrogen-bond acceptors (Lipinski definition) is 5. The Kier molecular flexibility index (Phi) is 6.26. The van der Waals surface area contributed by atoms with E-state index in [4.69, 9.17) is 5.11 Å². The Morgan fingerprint density at radius 3 is 2.56 bits per heavy atom. The van der Waals surface area contributed by atoms with Gasteiger partial charge in [0.15, 0.2) is 0 Å². The van der Waals surface area contributed by atoms with Gasteiger partial charge in [-0.25, -0.2) is 0 Å². The van der Waals surface area contributed by atoms with Gasteiger partial charge in [-0.05, 0) is 24.6 Å². The molecule has 27 heavy (non-hydrogen) atoms. The fourth-order valence-electron chi connectivity index (χ4n) is 3.54. The molecule has 1 atom stereocenters. The van der Waals surface area contributed by atoms with E-state index in [1.807, 2.05) is 49.4 Å². The average Bonchev–Trinajstić information content (AvgIpc) is 2.69. The highest BCUT2D eigenvalue weighted by atomic mass is 16.6. The number of rotatable bonds is 7. The first kappa shape index (κ1) is 19.1. The number of nitro benzene ring substituents is 1. The molecule has 1 saturated heterocycles. The van der Waals surface area contributed by atoms with Gasteiger partial charge in [-0.2, -0.15) is 0 Å². The Bertz CT molecular complexity index is 761. The first-order valence-electron chi connectivity index (χ1n) is 9.38. The van der Waals surface area contributed by atoms with E-state index in [1.165, 1.54) is 4.90 Å². The summed E-state index contributed by atoms with van der Waals surface area (Å²) in [4.78, 5) is 14.8. The van der Waals surface area contributed by atoms with Gasteiger partial charge in [-0.15, -0.1) is 0 Å². The molecule has 0 aromatic heterocycles. The van der Waals surface area contributed by atoms with Crippen LogP contribution >= 0.6 is 0 Å². The third kappa shape index (κ3) is 4.75. The standard InChI is InChI=1S/C20H26N4O3/c1-16(17-5-3-2-4-6-17)21-19-15-18(7-8-20(19)24(26)27)23-11-9-22(10-12-23)13-14-25/h2-8,15-16,21,25H,9-14H2,1H3/p+1/t16-/m1/s1. The molecule has 1 aliphatic rings. The second-order valence-corrected chi connectivity index (χ2v) is 6.95. The number of quaternary nitrogens is 1. The zero-order valence-electron chi connectivity index (χ0n) is 15.6. The molecule has 144 valence electrons. The lowest BCUT2D eigenvalue weighted by Gasteiger charge is -2.33. The Morgan fingerprint density at radius 2 is 1.93 bits per heavy atom. The van der Waals surface area contributed by atoms with Crippen molar-refractivity contribution in [1.29, 1.82) is 0 Å². The molecule has 7 heteroatoms. The number of aliphatic hydroxyl groups excluding tert-OH is 1. The Morgan fingerprint density at radius 1 is 1.22 bits per heavy atom. The zero-order chi connectivity index (χ0) is 19.2. The zero-order valence-corrected chi connectivity index (χ0v) is 15.6. The predicted molar refractivity (Wildman–Crippen MR) is 106 cm³/mol. The summed E-state index contributed by atoms with van der Waals surface area (Å²) in [6.45, 7) is 6.65. The van der Waals surface area contributed by atoms with Crippen LogP contribution in [0.4, 0.5) is 17.1 Å². The number of anilines is 2. The molecule has 1 fully saturated rings. The fourth-order valence-corrected chi connectivity index (χ4v) is 3.54. The third-order valence-corrected chi connectivity index (χ3v) is 5.15. The molecular weight excluding hydrogens is 344 g/mol. The van der Waals surface area contributed by atoms with Crippen LogP contribution in [0.5, 0.6) is 0 Å². The van der Waals surface area contributed by atoms with Gasteiger partial charge in [0.05, 0.1) is 37.7 Å². The summed E-state index contributed by atoms with van der Waals surface area (Å²) in [7, 11) is 0. The van der Waals surface area contributed by atoms with Crippen molar-refractivity contribution in [2.45, 2.75) is 13.0 Å². The van der Waals surface area contributed by atoms with Gasteiger partial charge in [0.1, 0.15) is 12.2 Å². The minimum Gasteiger partial charge on any atom is -0.391 e. The van der Waals surface area contributed by atoms with Crippen molar-refractivity contribution in [3.05, 3.63) is 64.2 Å². The van der Waals surface area contributed by atoms with Crippen LogP contribution in [0.2, 0.25) is 0 Å². The van der Waals surface area contributed by atoms with Crippen LogP contribution in [-0.2, 0) is 0 Å². The SMILES string of the molecule is C[C@@H](Nc1cc(N2CC[NH+](CCO)CC2)ccc1[N+](=O)[O-])c1ccccc1. The topological polar surface area (TPSA) is 83.1 Å². The van der Waals surface area contributed by atoms with Crippen LogP contribution in [0.15, 0.2) is 48.5 Å². The summed E-state index contributed by atoms with van der Waals surface area (Å²) in [6, 6.07) is 15.2. The van der Waals surface area contributed by atoms with Crippen LogP contribution in [-0.4, -0.2) is 49.4 Å². The molecule has 2 aromatic rings. The number of hydrogen-bond donors (Lipinski definition) is 3. The number of nitrogens with one attached hydrogen (secondary N) is 2. The number of aliphatic hydroxyl groups is 1. The number of nitro groups is 1. The summed E-state index contributed by atoms with van der Waals surface area (Å²) in [5, 5.41) is 23.9. The number of piperazine rings is 1. The van der Waals surface area contributed by atoms with Crippen LogP contribution in [0.1, 0.15) is 18.5 Å². The smallest absolute Gasteiger partial charge is 0.292 e. The molecule has 3 N–H and O–H groups in total. The maximum atomic E-state index is 11.5. The van der Waals surface area contributed by atoms with Crippen molar-refractivity contribution in [3.63, 3.8) is 0 Å². The van der Waals surface area contributed by atoms with E-state index in [0.717, 1.165) is 44.0 Å². The Balaban J connectivity index is 1.78. The summed E-state index contributed by atoms with van der Waals surface area (Å²) in [5.74, 6) is 0. The first-order chi connectivity index (χ1) is 13.1. The quantitative estimate of drug-likeness (QED) is 0.507. The normalized spacial score (nSPS) is 16.1. The largest absolute Gasteiger partial charge is 0.391 e. The predicted octanol–water partition coefficient (Wildman–Crippen LogP) is 1.47. The van der Waals surface area contributed by atoms with Crippen LogP contribution in [0.25, 0.3) is 0 Å². The van der Waals surface area contributed by atoms with Gasteiger partial charge in [0.2, 0.25) is 0 Å². The summed E-state index contributed by atoms with van der Waals surface area (Å²) in [6.07, 6.45) is 0. The lowest BCUT2D eigenvalue weighted by molar-refractivity contribution is -0.900. The van der Waals surface area contributed by atoms with E-state index in [9.17, 15) is 10.1 Å². The van der Waals surface area contributed by atoms with Gasteiger partial charge >= 0.3 is 0 Å². The molecule has 0 unspecified atom stereocenters. The Hall–Kier alpha value is -2.64. The number of nitrogens with zero attached hydrogens (tertiary/aromatic N) is 2. The maximum absolute atomic E-state index is 11.5. The second-order valence-electron chi connectivity index (χ2n) is 6.95. The van der Waals surface area contributed by atoms with Crippen molar-refractivity contribution in [2.75, 3.05) is 49.5 Å². The van der Waals surface area contributed by atoms with Gasteiger partial charge in [-0.1, -0.05) is 30.3 Å². The number of benzene rings is 2. The molecule has 1 heterocycles. The van der Waals surface area contributed by atoms with Crippen molar-refractivity contribution in [1.82, 2.24) is 0 Å². The van der Waals surface area contributed by atoms with Gasteiger partial charge in [0.25, 0.3) is 5.69 Å². The maximum Gasteiger partial charge on any atom is 0.292 e. The van der Waals surface area contributed by atoms with E-state index in [1.54, 1.807) is 6.07 Å². The van der Waals surface area contributed by atoms with E-state index in [2.05, 4.69) is 10.2 Å². The van der Waals surface area contributed by atoms with Gasteiger partial charge in [0, 0.05) is 17.8 Å². The average molecular weight is 371 g/mol. The van der Waals surface area contributed by atoms with Gasteiger partial charge in [-0.3, -0.25) is 10.1 Å². The summed E-state index contributed by atoms with van der Waals surface area (Å²) >= 11 is 0. The van der Waals surface area contributed by atoms with Crippen molar-refractivity contribution >= 4 is 17.1 Å². The summed E-state index contributed by atoms with van der Waals surface area (Å²) < 4.78 is 0. The molecular formula is C20H27N4O3+. The highest BCUT2D eigenvalue weighted by Crippen LogP contribution is 2.32. The molecule has 0 amide bonds. The monoisotopic (exact) mass is 371 g/mol. The van der Waals surface area contributed by atoms with Crippen LogP contribution in [0, 0.1) is 10.1 Å². The van der Waals surface area contributed by atoms with Crippen molar-refractivity contribution < 1.29 is 14.9 Å². The highest BCUT2D eigenvalue weighted by Gasteiger charge is 2.23. The van der Waals surface area contributed by atoms with E-state index >= 15 is 0 Å². The molecule has 7 nitrogen and oxygen atoms in total. The molecule has 0 bridgehead atoms. The molecule has 0 saturated carbocycles. The lowest BCUT2D eigenvalue weighted by Crippen LogP contribution is -3.15. The molecule has 0 radical (unpaired) electrons. The highest BCUT2D eigenvalue weighted by molar-refractivity contribution is 5.69. The molecule has 3 rings (SSSR count). The lowest BCUT2D eigenvalue weighted by atomic mass is 10.1. The minimum atomic E-state index is -0.340. The van der Waals surface area contributed by atoms with Gasteiger partial charge < -0.3 is 20.2 Å². The molecule has 0 spiro atoms. The Labute approximate surface area is 159 Å². The van der Waals surface area contributed by atoms with E-state index in [0.29, 0.717) is 5.69 Å². The van der Waals surface area contributed by atoms with E-state index < -0.39 is 0 Å². The third-order valence-electron chi connectivity index (χ3n) is 5.15. The summed E-state index contributed by atoms with van der Waals surface area (Å²) in [5.41, 5.74) is 2.70. The van der Waals surface area contributed by atoms with Crippen LogP contribution < -0.4 is 15.1 Å². The second kappa shape index (κ2) is 8.83. The van der Waals surface area contributed by atoms with Crippen molar-refractivity contribution in [3.8, 4) is 0 Å². The van der Waals surface area contributed by atoms with Crippen molar-refractivity contribution in [2.24, 2.45) is 0 Å². The van der Waals surface area contributed by atoms with Crippen LogP contribution in [0.3, 0.4) is 0 Å². The first-order valence-corrected chi connectivity index (χ1v) is 9.38. The molecule has 2 aromatic carbocycles. The fraction of sp³-hybridized carbons (Fsp3) is 0.400. The minimum absolute atomic E-state index is 0.0361.